The van der Waals surface area contributed by atoms with E-state index in [9.17, 15) is 4.79 Å². The highest BCUT2D eigenvalue weighted by Gasteiger charge is 2.11. The van der Waals surface area contributed by atoms with Crippen LogP contribution in [0.1, 0.15) is 15.9 Å². The quantitative estimate of drug-likeness (QED) is 0.768. The number of carbonyl (C=O) groups is 1. The lowest BCUT2D eigenvalue weighted by Gasteiger charge is -2.12. The second-order valence-electron chi connectivity index (χ2n) is 4.26. The Hall–Kier alpha value is -1.27. The summed E-state index contributed by atoms with van der Waals surface area (Å²) in [5, 5.41) is 3.45. The molecular weight excluding hydrogens is 389 g/mol. The fraction of sp³-hybridized carbons (Fsp3) is 0.133. The molecule has 0 aliphatic carbocycles. The number of hydrogen-bond donors (Lipinski definition) is 1. The van der Waals surface area contributed by atoms with Crippen molar-refractivity contribution < 1.29 is 9.53 Å². The minimum absolute atomic E-state index is 0.179. The van der Waals surface area contributed by atoms with E-state index in [1.807, 2.05) is 19.1 Å². The second-order valence-corrected chi connectivity index (χ2v) is 5.92. The smallest absolute Gasteiger partial charge is 0.255 e. The molecule has 0 spiro atoms. The zero-order valence-corrected chi connectivity index (χ0v) is 13.9. The monoisotopic (exact) mass is 401 g/mol. The first kappa shape index (κ1) is 15.1. The van der Waals surface area contributed by atoms with Gasteiger partial charge in [0.1, 0.15) is 5.75 Å². The van der Waals surface area contributed by atoms with E-state index in [0.717, 1.165) is 9.13 Å². The Kier molecular flexibility index (Phi) is 4.88. The summed E-state index contributed by atoms with van der Waals surface area (Å²) in [7, 11) is 1.54. The van der Waals surface area contributed by atoms with E-state index in [-0.39, 0.29) is 5.91 Å². The maximum absolute atomic E-state index is 12.2. The lowest BCUT2D eigenvalue weighted by molar-refractivity contribution is 0.102. The van der Waals surface area contributed by atoms with Crippen LogP contribution in [0.15, 0.2) is 36.4 Å². The van der Waals surface area contributed by atoms with Crippen molar-refractivity contribution in [2.24, 2.45) is 0 Å². The van der Waals surface area contributed by atoms with E-state index < -0.39 is 0 Å². The summed E-state index contributed by atoms with van der Waals surface area (Å²) in [6, 6.07) is 10.8. The molecule has 0 fully saturated rings. The Morgan fingerprint density at radius 1 is 1.25 bits per heavy atom. The highest BCUT2D eigenvalue weighted by atomic mass is 127. The van der Waals surface area contributed by atoms with Crippen LogP contribution in [-0.4, -0.2) is 13.0 Å². The van der Waals surface area contributed by atoms with Crippen molar-refractivity contribution in [1.29, 1.82) is 0 Å². The second kappa shape index (κ2) is 6.45. The van der Waals surface area contributed by atoms with Gasteiger partial charge in [-0.15, -0.1) is 0 Å². The number of hydrogen-bond acceptors (Lipinski definition) is 2. The molecule has 0 saturated heterocycles. The molecule has 104 valence electrons. The molecule has 0 heterocycles. The van der Waals surface area contributed by atoms with Crippen LogP contribution in [0.25, 0.3) is 0 Å². The molecule has 5 heteroatoms. The van der Waals surface area contributed by atoms with Gasteiger partial charge in [-0.05, 0) is 65.4 Å². The van der Waals surface area contributed by atoms with Crippen LogP contribution in [0.3, 0.4) is 0 Å². The van der Waals surface area contributed by atoms with Crippen LogP contribution >= 0.6 is 34.2 Å². The van der Waals surface area contributed by atoms with Crippen molar-refractivity contribution in [2.45, 2.75) is 6.92 Å². The van der Waals surface area contributed by atoms with Crippen molar-refractivity contribution >= 4 is 45.8 Å². The van der Waals surface area contributed by atoms with Gasteiger partial charge >= 0.3 is 0 Å². The number of benzene rings is 2. The third kappa shape index (κ3) is 3.43. The van der Waals surface area contributed by atoms with Crippen LogP contribution in [0.2, 0.25) is 5.02 Å². The molecule has 0 aromatic heterocycles. The van der Waals surface area contributed by atoms with Crippen molar-refractivity contribution in [3.8, 4) is 5.75 Å². The molecule has 0 atom stereocenters. The van der Waals surface area contributed by atoms with E-state index >= 15 is 0 Å². The van der Waals surface area contributed by atoms with Gasteiger partial charge < -0.3 is 10.1 Å². The molecule has 0 radical (unpaired) electrons. The fourth-order valence-corrected chi connectivity index (χ4v) is 2.24. The standard InChI is InChI=1S/C15H13ClINO2/c1-9-7-13(14(20-2)8-12(9)16)18-15(19)10-3-5-11(17)6-4-10/h3-8H,1-2H3,(H,18,19). The summed E-state index contributed by atoms with van der Waals surface area (Å²) < 4.78 is 6.32. The van der Waals surface area contributed by atoms with Gasteiger partial charge in [0.05, 0.1) is 12.8 Å². The minimum atomic E-state index is -0.179. The van der Waals surface area contributed by atoms with Gasteiger partial charge in [-0.2, -0.15) is 0 Å². The number of carbonyl (C=O) groups excluding carboxylic acids is 1. The number of amides is 1. The Morgan fingerprint density at radius 3 is 2.50 bits per heavy atom. The SMILES string of the molecule is COc1cc(Cl)c(C)cc1NC(=O)c1ccc(I)cc1. The van der Waals surface area contributed by atoms with Crippen molar-refractivity contribution in [1.82, 2.24) is 0 Å². The Labute approximate surface area is 136 Å². The molecule has 0 saturated carbocycles. The van der Waals surface area contributed by atoms with Crippen molar-refractivity contribution in [3.05, 3.63) is 56.1 Å². The van der Waals surface area contributed by atoms with Crippen LogP contribution in [0, 0.1) is 10.5 Å². The third-order valence-electron chi connectivity index (χ3n) is 2.84. The molecule has 2 rings (SSSR count). The van der Waals surface area contributed by atoms with Gasteiger partial charge in [-0.25, -0.2) is 0 Å². The molecule has 0 bridgehead atoms. The number of nitrogens with one attached hydrogen (secondary N) is 1. The van der Waals surface area contributed by atoms with Crippen molar-refractivity contribution in [2.75, 3.05) is 12.4 Å². The van der Waals surface area contributed by atoms with Gasteiger partial charge in [0, 0.05) is 20.2 Å². The number of rotatable bonds is 3. The maximum Gasteiger partial charge on any atom is 0.255 e. The number of halogens is 2. The summed E-state index contributed by atoms with van der Waals surface area (Å²) in [5.41, 5.74) is 2.09. The lowest BCUT2D eigenvalue weighted by Crippen LogP contribution is -2.12. The number of anilines is 1. The Balaban J connectivity index is 2.27. The van der Waals surface area contributed by atoms with Gasteiger partial charge in [-0.3, -0.25) is 4.79 Å². The molecule has 1 N–H and O–H groups in total. The summed E-state index contributed by atoms with van der Waals surface area (Å²) >= 11 is 8.24. The van der Waals surface area contributed by atoms with Gasteiger partial charge in [-0.1, -0.05) is 11.6 Å². The predicted octanol–water partition coefficient (Wildman–Crippen LogP) is 4.51. The predicted molar refractivity (Wildman–Crippen MR) is 89.9 cm³/mol. The topological polar surface area (TPSA) is 38.3 Å². The number of ether oxygens (including phenoxy) is 1. The minimum Gasteiger partial charge on any atom is -0.495 e. The Morgan fingerprint density at radius 2 is 1.90 bits per heavy atom. The van der Waals surface area contributed by atoms with Crippen LogP contribution in [0.5, 0.6) is 5.75 Å². The maximum atomic E-state index is 12.2. The van der Waals surface area contributed by atoms with E-state index in [1.54, 1.807) is 31.4 Å². The fourth-order valence-electron chi connectivity index (χ4n) is 1.73. The first-order chi connectivity index (χ1) is 9.51. The molecule has 0 aliphatic heterocycles. The Bertz CT molecular complexity index is 641. The van der Waals surface area contributed by atoms with Gasteiger partial charge in [0.25, 0.3) is 5.91 Å². The van der Waals surface area contributed by atoms with Crippen molar-refractivity contribution in [3.63, 3.8) is 0 Å². The first-order valence-corrected chi connectivity index (χ1v) is 7.38. The lowest BCUT2D eigenvalue weighted by atomic mass is 10.1. The molecule has 20 heavy (non-hydrogen) atoms. The van der Waals surface area contributed by atoms with E-state index in [4.69, 9.17) is 16.3 Å². The van der Waals surface area contributed by atoms with Crippen LogP contribution in [0.4, 0.5) is 5.69 Å². The van der Waals surface area contributed by atoms with Crippen LogP contribution in [-0.2, 0) is 0 Å². The molecule has 2 aromatic carbocycles. The summed E-state index contributed by atoms with van der Waals surface area (Å²) in [5.74, 6) is 0.362. The molecule has 2 aromatic rings. The molecule has 3 nitrogen and oxygen atoms in total. The summed E-state index contributed by atoms with van der Waals surface area (Å²) in [6.07, 6.45) is 0. The molecule has 0 unspecified atom stereocenters. The van der Waals surface area contributed by atoms with E-state index in [0.29, 0.717) is 22.0 Å². The van der Waals surface area contributed by atoms with Gasteiger partial charge in [0.15, 0.2) is 0 Å². The highest BCUT2D eigenvalue weighted by molar-refractivity contribution is 14.1. The summed E-state index contributed by atoms with van der Waals surface area (Å²) in [6.45, 7) is 1.88. The van der Waals surface area contributed by atoms with Gasteiger partial charge in [0.2, 0.25) is 0 Å². The average Bonchev–Trinajstić information content (AvgIpc) is 2.43. The highest BCUT2D eigenvalue weighted by Crippen LogP contribution is 2.31. The zero-order chi connectivity index (χ0) is 14.7. The molecule has 1 amide bonds. The van der Waals surface area contributed by atoms with Crippen LogP contribution < -0.4 is 10.1 Å². The summed E-state index contributed by atoms with van der Waals surface area (Å²) in [4.78, 5) is 12.2. The van der Waals surface area contributed by atoms with E-state index in [2.05, 4.69) is 27.9 Å². The first-order valence-electron chi connectivity index (χ1n) is 5.92. The zero-order valence-electron chi connectivity index (χ0n) is 11.0. The largest absolute Gasteiger partial charge is 0.495 e. The number of aryl methyl sites for hydroxylation is 1. The third-order valence-corrected chi connectivity index (χ3v) is 3.96. The van der Waals surface area contributed by atoms with E-state index in [1.165, 1.54) is 0 Å². The average molecular weight is 402 g/mol. The number of methoxy groups -OCH3 is 1. The molecular formula is C15H13ClINO2. The normalized spacial score (nSPS) is 10.2. The molecule has 0 aliphatic rings.